The fourth-order valence-electron chi connectivity index (χ4n) is 5.45. The molecule has 0 aliphatic rings. The Morgan fingerprint density at radius 3 is 1.07 bits per heavy atom. The second kappa shape index (κ2) is 36.0. The Kier molecular flexibility index (Phi) is 35.8. The lowest BCUT2D eigenvalue weighted by atomic mass is 10.0. The summed E-state index contributed by atoms with van der Waals surface area (Å²) in [5, 5.41) is 0. The minimum absolute atomic E-state index is 0.0516. The summed E-state index contributed by atoms with van der Waals surface area (Å²) < 4.78 is 38.2. The second-order valence-corrected chi connectivity index (χ2v) is 13.0. The summed E-state index contributed by atoms with van der Waals surface area (Å²) in [7, 11) is -2.85. The molecular formula is C35H71O5P. The van der Waals surface area contributed by atoms with Gasteiger partial charge in [-0.15, -0.1) is 0 Å². The highest BCUT2D eigenvalue weighted by molar-refractivity contribution is 7.24. The molecule has 0 fully saturated rings. The van der Waals surface area contributed by atoms with Crippen LogP contribution in [0.3, 0.4) is 0 Å². The zero-order chi connectivity index (χ0) is 29.9. The van der Waals surface area contributed by atoms with Gasteiger partial charge in [0.15, 0.2) is 0 Å². The molecule has 0 spiro atoms. The molecule has 1 atom stereocenters. The normalized spacial score (nSPS) is 12.2. The molecule has 0 rings (SSSR count). The molecule has 0 N–H and O–H groups in total. The third-order valence-corrected chi connectivity index (χ3v) is 8.52. The van der Waals surface area contributed by atoms with Crippen LogP contribution in [0.1, 0.15) is 194 Å². The standard InChI is InChI=1S/C35H71O5P/c1-3-5-7-9-11-13-15-17-19-21-23-25-27-29-31-38-33-35(34-40-41(36)37)39-32-30-28-26-24-22-20-18-16-14-12-10-8-6-4-2/h35H,3-34H2,1-2H3. The van der Waals surface area contributed by atoms with E-state index in [0.29, 0.717) is 19.8 Å². The van der Waals surface area contributed by atoms with Gasteiger partial charge in [0.25, 0.3) is 0 Å². The van der Waals surface area contributed by atoms with Crippen LogP contribution in [0, 0.1) is 0 Å². The smallest absolute Gasteiger partial charge is 0.379 e. The van der Waals surface area contributed by atoms with Crippen molar-refractivity contribution in [3.8, 4) is 0 Å². The van der Waals surface area contributed by atoms with Crippen molar-refractivity contribution in [2.24, 2.45) is 0 Å². The highest BCUT2D eigenvalue weighted by Crippen LogP contribution is 2.15. The Balaban J connectivity index is 3.56. The lowest BCUT2D eigenvalue weighted by Gasteiger charge is -2.16. The Morgan fingerprint density at radius 2 is 0.732 bits per heavy atom. The average Bonchev–Trinajstić information content (AvgIpc) is 2.97. The molecule has 0 aliphatic heterocycles. The van der Waals surface area contributed by atoms with E-state index in [2.05, 4.69) is 13.8 Å². The van der Waals surface area contributed by atoms with Gasteiger partial charge in [0.1, 0.15) is 6.10 Å². The summed E-state index contributed by atoms with van der Waals surface area (Å²) in [6.45, 7) is 6.36. The monoisotopic (exact) mass is 603 g/mol. The molecule has 0 saturated heterocycles. The van der Waals surface area contributed by atoms with Crippen molar-refractivity contribution >= 4 is 7.91 Å². The van der Waals surface area contributed by atoms with Crippen LogP contribution in [0.4, 0.5) is 0 Å². The number of hydrogen-bond donors (Lipinski definition) is 0. The molecular weight excluding hydrogens is 531 g/mol. The van der Waals surface area contributed by atoms with Crippen molar-refractivity contribution in [3.05, 3.63) is 0 Å². The molecule has 0 amide bonds. The van der Waals surface area contributed by atoms with Crippen LogP contribution >= 0.6 is 7.91 Å². The van der Waals surface area contributed by atoms with E-state index < -0.39 is 7.91 Å². The Hall–Kier alpha value is -0.220. The summed E-state index contributed by atoms with van der Waals surface area (Å²) >= 11 is 0. The van der Waals surface area contributed by atoms with Gasteiger partial charge in [0.05, 0.1) is 13.2 Å². The molecule has 0 radical (unpaired) electrons. The van der Waals surface area contributed by atoms with E-state index in [1.165, 1.54) is 167 Å². The summed E-state index contributed by atoms with van der Waals surface area (Å²) in [5.41, 5.74) is 0. The van der Waals surface area contributed by atoms with E-state index in [0.717, 1.165) is 12.8 Å². The van der Waals surface area contributed by atoms with Crippen molar-refractivity contribution in [2.45, 2.75) is 200 Å². The lowest BCUT2D eigenvalue weighted by molar-refractivity contribution is -0.0382. The highest BCUT2D eigenvalue weighted by atomic mass is 31.1. The van der Waals surface area contributed by atoms with Crippen LogP contribution in [0.5, 0.6) is 0 Å². The molecule has 246 valence electrons. The molecule has 0 aliphatic carbocycles. The number of rotatable bonds is 36. The van der Waals surface area contributed by atoms with Crippen molar-refractivity contribution in [3.63, 3.8) is 0 Å². The summed E-state index contributed by atoms with van der Waals surface area (Å²) in [6.07, 6.45) is 37.2. The van der Waals surface area contributed by atoms with Gasteiger partial charge in [-0.3, -0.25) is 4.52 Å². The van der Waals surface area contributed by atoms with Gasteiger partial charge >= 0.3 is 7.91 Å². The number of hydrogen-bond acceptors (Lipinski definition) is 5. The lowest BCUT2D eigenvalue weighted by Crippen LogP contribution is -2.25. The Bertz CT molecular complexity index is 547. The summed E-state index contributed by atoms with van der Waals surface area (Å²) in [4.78, 5) is 0. The fraction of sp³-hybridized carbons (Fsp3) is 1.00. The van der Waals surface area contributed by atoms with Gasteiger partial charge in [0, 0.05) is 13.2 Å². The van der Waals surface area contributed by atoms with Gasteiger partial charge in [-0.2, -0.15) is 0 Å². The first-order valence-corrected chi connectivity index (χ1v) is 19.3. The van der Waals surface area contributed by atoms with Crippen LogP contribution in [0.2, 0.25) is 0 Å². The van der Waals surface area contributed by atoms with Crippen LogP contribution < -0.4 is 0 Å². The van der Waals surface area contributed by atoms with Crippen LogP contribution in [0.25, 0.3) is 0 Å². The van der Waals surface area contributed by atoms with Crippen molar-refractivity contribution < 1.29 is 23.1 Å². The Morgan fingerprint density at radius 1 is 0.415 bits per heavy atom. The van der Waals surface area contributed by atoms with E-state index in [4.69, 9.17) is 14.0 Å². The molecule has 0 aromatic carbocycles. The second-order valence-electron chi connectivity index (χ2n) is 12.3. The highest BCUT2D eigenvalue weighted by Gasteiger charge is 2.11. The number of unbranched alkanes of at least 4 members (excludes halogenated alkanes) is 26. The molecule has 0 aromatic heterocycles. The van der Waals surface area contributed by atoms with Gasteiger partial charge in [0.2, 0.25) is 0 Å². The SMILES string of the molecule is CCCCCCCCCCCCCCCCOCC(COP(=O)=O)OCCCCCCCCCCCCCCCC. The molecule has 6 heteroatoms. The van der Waals surface area contributed by atoms with E-state index in [1.54, 1.807) is 0 Å². The van der Waals surface area contributed by atoms with E-state index in [1.807, 2.05) is 0 Å². The van der Waals surface area contributed by atoms with E-state index >= 15 is 0 Å². The minimum Gasteiger partial charge on any atom is -0.379 e. The quantitative estimate of drug-likeness (QED) is 0.0527. The van der Waals surface area contributed by atoms with E-state index in [9.17, 15) is 9.13 Å². The van der Waals surface area contributed by atoms with Gasteiger partial charge in [-0.05, 0) is 12.8 Å². The van der Waals surface area contributed by atoms with Gasteiger partial charge in [-0.1, -0.05) is 181 Å². The Labute approximate surface area is 256 Å². The number of ether oxygens (including phenoxy) is 2. The molecule has 0 aromatic rings. The predicted molar refractivity (Wildman–Crippen MR) is 175 cm³/mol. The summed E-state index contributed by atoms with van der Waals surface area (Å²) in [6, 6.07) is 0. The zero-order valence-electron chi connectivity index (χ0n) is 27.7. The zero-order valence-corrected chi connectivity index (χ0v) is 28.6. The first-order valence-electron chi connectivity index (χ1n) is 18.2. The maximum atomic E-state index is 10.9. The summed E-state index contributed by atoms with van der Waals surface area (Å²) in [5.74, 6) is 0. The third-order valence-electron chi connectivity index (χ3n) is 8.16. The minimum atomic E-state index is -2.85. The maximum absolute atomic E-state index is 10.9. The van der Waals surface area contributed by atoms with Gasteiger partial charge < -0.3 is 9.47 Å². The van der Waals surface area contributed by atoms with Crippen LogP contribution in [-0.2, 0) is 23.1 Å². The molecule has 5 nitrogen and oxygen atoms in total. The first kappa shape index (κ1) is 40.8. The van der Waals surface area contributed by atoms with Crippen molar-refractivity contribution in [1.82, 2.24) is 0 Å². The largest absolute Gasteiger partial charge is 0.468 e. The molecule has 41 heavy (non-hydrogen) atoms. The molecule has 0 saturated carbocycles. The van der Waals surface area contributed by atoms with Gasteiger partial charge in [-0.25, -0.2) is 9.13 Å². The predicted octanol–water partition coefficient (Wildman–Crippen LogP) is 12.5. The molecule has 0 heterocycles. The third kappa shape index (κ3) is 35.9. The molecule has 1 unspecified atom stereocenters. The van der Waals surface area contributed by atoms with Crippen molar-refractivity contribution in [2.75, 3.05) is 26.4 Å². The fourth-order valence-corrected chi connectivity index (χ4v) is 5.74. The van der Waals surface area contributed by atoms with Crippen molar-refractivity contribution in [1.29, 1.82) is 0 Å². The first-order chi connectivity index (χ1) is 20.2. The maximum Gasteiger partial charge on any atom is 0.468 e. The topological polar surface area (TPSA) is 61.8 Å². The van der Waals surface area contributed by atoms with E-state index in [-0.39, 0.29) is 12.7 Å². The van der Waals surface area contributed by atoms with Crippen LogP contribution in [0.15, 0.2) is 0 Å². The average molecular weight is 603 g/mol. The van der Waals surface area contributed by atoms with Crippen LogP contribution in [-0.4, -0.2) is 32.5 Å². The molecule has 0 bridgehead atoms.